The minimum atomic E-state index is -0.789. The molecule has 45 heavy (non-hydrogen) atoms. The Bertz CT molecular complexity index is 1410. The predicted molar refractivity (Wildman–Crippen MR) is 181 cm³/mol. The number of ether oxygens (including phenoxy) is 4. The second-order valence-electron chi connectivity index (χ2n) is 14.8. The Morgan fingerprint density at radius 3 is 1.56 bits per heavy atom. The van der Waals surface area contributed by atoms with E-state index in [2.05, 4.69) is 41.5 Å². The minimum Gasteiger partial charge on any atom is -0.496 e. The lowest BCUT2D eigenvalue weighted by Crippen LogP contribution is -2.30. The largest absolute Gasteiger partial charge is 0.496 e. The fourth-order valence-electron chi connectivity index (χ4n) is 4.49. The van der Waals surface area contributed by atoms with E-state index in [1.807, 2.05) is 6.92 Å². The summed E-state index contributed by atoms with van der Waals surface area (Å²) >= 11 is 0. The molecule has 2 rings (SSSR count). The summed E-state index contributed by atoms with van der Waals surface area (Å²) in [6.07, 6.45) is 4.65. The first kappa shape index (κ1) is 37.6. The lowest BCUT2D eigenvalue weighted by Gasteiger charge is -2.36. The van der Waals surface area contributed by atoms with Crippen molar-refractivity contribution in [1.29, 1.82) is 0 Å². The zero-order chi connectivity index (χ0) is 34.5. The van der Waals surface area contributed by atoms with Crippen molar-refractivity contribution >= 4 is 23.8 Å². The first-order valence-corrected chi connectivity index (χ1v) is 15.8. The number of benzene rings is 2. The number of hydrogen-bond acceptors (Lipinski definition) is 7. The molecular formula is C38H54O7. The maximum atomic E-state index is 13.5. The van der Waals surface area contributed by atoms with E-state index in [-0.39, 0.29) is 17.2 Å². The molecule has 0 bridgehead atoms. The number of carbonyl (C=O) groups excluding carboxylic acids is 3. The van der Waals surface area contributed by atoms with Gasteiger partial charge in [0.05, 0.1) is 30.1 Å². The van der Waals surface area contributed by atoms with Crippen molar-refractivity contribution < 1.29 is 33.3 Å². The van der Waals surface area contributed by atoms with E-state index in [1.54, 1.807) is 79.0 Å². The fourth-order valence-corrected chi connectivity index (χ4v) is 4.49. The van der Waals surface area contributed by atoms with Gasteiger partial charge in [-0.25, -0.2) is 0 Å². The number of rotatable bonds is 12. The van der Waals surface area contributed by atoms with Gasteiger partial charge in [0, 0.05) is 16.7 Å². The van der Waals surface area contributed by atoms with E-state index < -0.39 is 22.2 Å². The third kappa shape index (κ3) is 8.77. The molecule has 2 aromatic rings. The summed E-state index contributed by atoms with van der Waals surface area (Å²) < 4.78 is 24.2. The van der Waals surface area contributed by atoms with Gasteiger partial charge in [-0.2, -0.15) is 0 Å². The standard InChI is InChI=1S/C38H54O7/c1-15-37(10,11)28-30(43-17-3)26(22-23-27(39)24-18-20-25(21-19-24)44-33(40)35(4,5)6)31(45-34(41)36(7,8)9)29(32(28)42-14)38(12,13)16-2/h18-23H,15-17H2,1-14H3. The SMILES string of the molecule is CCOc1c(C=CC(=O)c2ccc(OC(=O)C(C)(C)C)cc2)c(OC(=O)C(C)(C)C)c(C(C)(C)CC)c(OC)c1C(C)(C)CC. The first-order chi connectivity index (χ1) is 20.7. The lowest BCUT2D eigenvalue weighted by atomic mass is 9.73. The summed E-state index contributed by atoms with van der Waals surface area (Å²) in [5.41, 5.74) is 0.238. The molecule has 0 unspecified atom stereocenters. The van der Waals surface area contributed by atoms with Gasteiger partial charge in [0.25, 0.3) is 0 Å². The van der Waals surface area contributed by atoms with Gasteiger partial charge in [-0.15, -0.1) is 0 Å². The van der Waals surface area contributed by atoms with Crippen molar-refractivity contribution in [3.63, 3.8) is 0 Å². The van der Waals surface area contributed by atoms with Crippen LogP contribution in [0.15, 0.2) is 30.3 Å². The number of allylic oxidation sites excluding steroid dienone is 1. The zero-order valence-corrected chi connectivity index (χ0v) is 29.9. The van der Waals surface area contributed by atoms with Crippen LogP contribution in [-0.4, -0.2) is 31.4 Å². The van der Waals surface area contributed by atoms with Gasteiger partial charge in [0.15, 0.2) is 5.78 Å². The Labute approximate surface area is 270 Å². The number of carbonyl (C=O) groups is 3. The van der Waals surface area contributed by atoms with Gasteiger partial charge < -0.3 is 18.9 Å². The van der Waals surface area contributed by atoms with Gasteiger partial charge in [-0.3, -0.25) is 14.4 Å². The topological polar surface area (TPSA) is 88.1 Å². The van der Waals surface area contributed by atoms with Crippen molar-refractivity contribution in [2.75, 3.05) is 13.7 Å². The van der Waals surface area contributed by atoms with Gasteiger partial charge in [-0.1, -0.05) is 41.5 Å². The monoisotopic (exact) mass is 622 g/mol. The van der Waals surface area contributed by atoms with E-state index in [9.17, 15) is 14.4 Å². The normalized spacial score (nSPS) is 12.7. The molecule has 0 aromatic heterocycles. The molecule has 0 aliphatic heterocycles. The number of esters is 2. The number of hydrogen-bond donors (Lipinski definition) is 0. The smallest absolute Gasteiger partial charge is 0.316 e. The molecule has 0 heterocycles. The average molecular weight is 623 g/mol. The Balaban J connectivity index is 2.90. The summed E-state index contributed by atoms with van der Waals surface area (Å²) in [7, 11) is 1.63. The van der Waals surface area contributed by atoms with Crippen molar-refractivity contribution in [2.24, 2.45) is 10.8 Å². The van der Waals surface area contributed by atoms with Crippen molar-refractivity contribution in [1.82, 2.24) is 0 Å². The maximum Gasteiger partial charge on any atom is 0.316 e. The molecule has 0 aliphatic carbocycles. The molecule has 7 heteroatoms. The highest BCUT2D eigenvalue weighted by molar-refractivity contribution is 6.07. The van der Waals surface area contributed by atoms with Crippen LogP contribution in [0.5, 0.6) is 23.0 Å². The summed E-state index contributed by atoms with van der Waals surface area (Å²) in [5, 5.41) is 0. The molecule has 0 saturated heterocycles. The molecule has 0 atom stereocenters. The minimum absolute atomic E-state index is 0.275. The zero-order valence-electron chi connectivity index (χ0n) is 29.9. The highest BCUT2D eigenvalue weighted by Gasteiger charge is 2.40. The van der Waals surface area contributed by atoms with E-state index in [0.717, 1.165) is 24.0 Å². The summed E-state index contributed by atoms with van der Waals surface area (Å²) in [6.45, 7) is 25.6. The van der Waals surface area contributed by atoms with Crippen LogP contribution in [0.2, 0.25) is 0 Å². The predicted octanol–water partition coefficient (Wildman–Crippen LogP) is 9.27. The molecule has 0 amide bonds. The quantitative estimate of drug-likeness (QED) is 0.101. The van der Waals surface area contributed by atoms with Crippen molar-refractivity contribution in [3.05, 3.63) is 52.6 Å². The van der Waals surface area contributed by atoms with E-state index >= 15 is 0 Å². The van der Waals surface area contributed by atoms with Crippen LogP contribution in [0.4, 0.5) is 0 Å². The van der Waals surface area contributed by atoms with E-state index in [0.29, 0.717) is 40.7 Å². The summed E-state index contributed by atoms with van der Waals surface area (Å²) in [5.74, 6) is 0.773. The third-order valence-electron chi connectivity index (χ3n) is 8.18. The molecular weight excluding hydrogens is 568 g/mol. The molecule has 0 N–H and O–H groups in total. The highest BCUT2D eigenvalue weighted by atomic mass is 16.5. The molecule has 0 radical (unpaired) electrons. The Morgan fingerprint density at radius 2 is 1.13 bits per heavy atom. The molecule has 0 aliphatic rings. The van der Waals surface area contributed by atoms with Crippen LogP contribution in [0.1, 0.15) is 130 Å². The van der Waals surface area contributed by atoms with Crippen LogP contribution >= 0.6 is 0 Å². The van der Waals surface area contributed by atoms with Crippen LogP contribution < -0.4 is 18.9 Å². The lowest BCUT2D eigenvalue weighted by molar-refractivity contribution is -0.143. The van der Waals surface area contributed by atoms with Crippen LogP contribution in [0, 0.1) is 10.8 Å². The molecule has 0 saturated carbocycles. The van der Waals surface area contributed by atoms with Crippen molar-refractivity contribution in [2.45, 2.75) is 114 Å². The first-order valence-electron chi connectivity index (χ1n) is 15.8. The number of ketones is 1. The average Bonchev–Trinajstić information content (AvgIpc) is 2.95. The Hall–Kier alpha value is -3.61. The highest BCUT2D eigenvalue weighted by Crippen LogP contribution is 2.54. The van der Waals surface area contributed by atoms with E-state index in [4.69, 9.17) is 18.9 Å². The second-order valence-corrected chi connectivity index (χ2v) is 14.8. The van der Waals surface area contributed by atoms with Gasteiger partial charge in [0.1, 0.15) is 23.0 Å². The molecule has 2 aromatic carbocycles. The van der Waals surface area contributed by atoms with E-state index in [1.165, 1.54) is 6.08 Å². The van der Waals surface area contributed by atoms with Crippen LogP contribution in [-0.2, 0) is 20.4 Å². The molecule has 0 spiro atoms. The summed E-state index contributed by atoms with van der Waals surface area (Å²) in [6, 6.07) is 6.44. The maximum absolute atomic E-state index is 13.5. The van der Waals surface area contributed by atoms with Crippen LogP contribution in [0.25, 0.3) is 6.08 Å². The second kappa shape index (κ2) is 14.2. The van der Waals surface area contributed by atoms with Gasteiger partial charge in [-0.05, 0) is 109 Å². The third-order valence-corrected chi connectivity index (χ3v) is 8.18. The van der Waals surface area contributed by atoms with Crippen LogP contribution in [0.3, 0.4) is 0 Å². The van der Waals surface area contributed by atoms with Gasteiger partial charge in [0.2, 0.25) is 0 Å². The molecule has 0 fully saturated rings. The Morgan fingerprint density at radius 1 is 0.667 bits per heavy atom. The fraction of sp³-hybridized carbons (Fsp3) is 0.553. The number of methoxy groups -OCH3 is 1. The van der Waals surface area contributed by atoms with Gasteiger partial charge >= 0.3 is 11.9 Å². The molecule has 7 nitrogen and oxygen atoms in total. The van der Waals surface area contributed by atoms with Crippen molar-refractivity contribution in [3.8, 4) is 23.0 Å². The summed E-state index contributed by atoms with van der Waals surface area (Å²) in [4.78, 5) is 39.3. The molecule has 248 valence electrons. The Kier molecular flexibility index (Phi) is 11.9.